The minimum absolute atomic E-state index is 0.248. The molecule has 1 fully saturated rings. The van der Waals surface area contributed by atoms with E-state index in [4.69, 9.17) is 0 Å². The highest BCUT2D eigenvalue weighted by Crippen LogP contribution is 2.20. The first-order chi connectivity index (χ1) is 7.08. The Morgan fingerprint density at radius 3 is 2.93 bits per heavy atom. The van der Waals surface area contributed by atoms with Crippen LogP contribution in [0.1, 0.15) is 18.7 Å². The van der Waals surface area contributed by atoms with Gasteiger partial charge in [-0.25, -0.2) is 13.4 Å². The first-order valence-electron chi connectivity index (χ1n) is 4.84. The number of anilines is 1. The Labute approximate surface area is 93.0 Å². The van der Waals surface area contributed by atoms with Gasteiger partial charge in [-0.15, -0.1) is 0 Å². The number of aromatic nitrogens is 2. The molecule has 1 aliphatic heterocycles. The summed E-state index contributed by atoms with van der Waals surface area (Å²) < 4.78 is 27.0. The lowest BCUT2D eigenvalue weighted by Gasteiger charge is -2.08. The standard InChI is InChI=1S/C8H13N3O2S2/c1-6-10-8(14-11-6)9-5-7-3-2-4-15(7,12)13/h7H,2-5H2,1H3,(H,9,10,11). The van der Waals surface area contributed by atoms with Crippen molar-refractivity contribution in [3.05, 3.63) is 5.82 Å². The van der Waals surface area contributed by atoms with Crippen LogP contribution in [0.3, 0.4) is 0 Å². The second-order valence-electron chi connectivity index (χ2n) is 3.66. The van der Waals surface area contributed by atoms with Crippen LogP contribution in [0.5, 0.6) is 0 Å². The lowest BCUT2D eigenvalue weighted by atomic mass is 10.2. The van der Waals surface area contributed by atoms with Crippen molar-refractivity contribution in [3.8, 4) is 0 Å². The predicted octanol–water partition coefficient (Wildman–Crippen LogP) is 0.836. The number of nitrogens with zero attached hydrogens (tertiary/aromatic N) is 2. The average molecular weight is 247 g/mol. The molecule has 2 rings (SSSR count). The summed E-state index contributed by atoms with van der Waals surface area (Å²) in [5.41, 5.74) is 0. The smallest absolute Gasteiger partial charge is 0.202 e. The molecule has 7 heteroatoms. The molecule has 0 spiro atoms. The van der Waals surface area contributed by atoms with E-state index in [-0.39, 0.29) is 5.25 Å². The van der Waals surface area contributed by atoms with Gasteiger partial charge in [0.05, 0.1) is 11.0 Å². The molecule has 0 aliphatic carbocycles. The van der Waals surface area contributed by atoms with E-state index in [0.717, 1.165) is 18.7 Å². The van der Waals surface area contributed by atoms with Crippen molar-refractivity contribution >= 4 is 26.5 Å². The Kier molecular flexibility index (Phi) is 2.92. The van der Waals surface area contributed by atoms with Crippen LogP contribution in [0.15, 0.2) is 0 Å². The maximum Gasteiger partial charge on any atom is 0.202 e. The third kappa shape index (κ3) is 2.46. The van der Waals surface area contributed by atoms with E-state index >= 15 is 0 Å². The molecule has 84 valence electrons. The van der Waals surface area contributed by atoms with Crippen LogP contribution < -0.4 is 5.32 Å². The quantitative estimate of drug-likeness (QED) is 0.856. The van der Waals surface area contributed by atoms with Crippen LogP contribution in [0, 0.1) is 6.92 Å². The first kappa shape index (κ1) is 10.8. The van der Waals surface area contributed by atoms with Crippen LogP contribution in [-0.4, -0.2) is 35.3 Å². The summed E-state index contributed by atoms with van der Waals surface area (Å²) in [4.78, 5) is 4.12. The molecule has 5 nitrogen and oxygen atoms in total. The third-order valence-electron chi connectivity index (χ3n) is 2.47. The number of hydrogen-bond donors (Lipinski definition) is 1. The van der Waals surface area contributed by atoms with Gasteiger partial charge in [0.2, 0.25) is 5.13 Å². The zero-order valence-corrected chi connectivity index (χ0v) is 10.1. The molecule has 1 saturated heterocycles. The fourth-order valence-electron chi connectivity index (χ4n) is 1.66. The van der Waals surface area contributed by atoms with Crippen molar-refractivity contribution in [3.63, 3.8) is 0 Å². The Balaban J connectivity index is 1.94. The van der Waals surface area contributed by atoms with Gasteiger partial charge >= 0.3 is 0 Å². The number of hydrogen-bond acceptors (Lipinski definition) is 6. The Morgan fingerprint density at radius 1 is 1.60 bits per heavy atom. The van der Waals surface area contributed by atoms with E-state index in [1.807, 2.05) is 6.92 Å². The van der Waals surface area contributed by atoms with Gasteiger partial charge in [-0.1, -0.05) is 0 Å². The van der Waals surface area contributed by atoms with Crippen LogP contribution in [0.25, 0.3) is 0 Å². The number of sulfone groups is 1. The van der Waals surface area contributed by atoms with E-state index in [1.165, 1.54) is 11.5 Å². The van der Waals surface area contributed by atoms with Crippen LogP contribution in [0.2, 0.25) is 0 Å². The van der Waals surface area contributed by atoms with Gasteiger partial charge in [-0.2, -0.15) is 4.37 Å². The topological polar surface area (TPSA) is 72.0 Å². The molecule has 0 aromatic carbocycles. The van der Waals surface area contributed by atoms with Gasteiger partial charge in [0, 0.05) is 18.1 Å². The maximum absolute atomic E-state index is 11.5. The van der Waals surface area contributed by atoms with Crippen LogP contribution in [0.4, 0.5) is 5.13 Å². The molecule has 0 bridgehead atoms. The minimum atomic E-state index is -2.86. The lowest BCUT2D eigenvalue weighted by Crippen LogP contribution is -2.24. The van der Waals surface area contributed by atoms with Crippen molar-refractivity contribution in [2.45, 2.75) is 25.0 Å². The summed E-state index contributed by atoms with van der Waals surface area (Å²) in [5.74, 6) is 1.05. The van der Waals surface area contributed by atoms with Crippen molar-refractivity contribution < 1.29 is 8.42 Å². The highest BCUT2D eigenvalue weighted by molar-refractivity contribution is 7.92. The summed E-state index contributed by atoms with van der Waals surface area (Å²) in [7, 11) is -2.86. The zero-order chi connectivity index (χ0) is 10.9. The second kappa shape index (κ2) is 4.05. The molecule has 0 saturated carbocycles. The first-order valence-corrected chi connectivity index (χ1v) is 7.32. The van der Waals surface area contributed by atoms with Crippen molar-refractivity contribution in [2.75, 3.05) is 17.6 Å². The van der Waals surface area contributed by atoms with Crippen molar-refractivity contribution in [1.82, 2.24) is 9.36 Å². The van der Waals surface area contributed by atoms with Gasteiger partial charge in [-0.3, -0.25) is 0 Å². The molecule has 1 unspecified atom stereocenters. The van der Waals surface area contributed by atoms with Gasteiger partial charge in [0.25, 0.3) is 0 Å². The summed E-state index contributed by atoms with van der Waals surface area (Å²) >= 11 is 1.27. The summed E-state index contributed by atoms with van der Waals surface area (Å²) in [6.45, 7) is 2.27. The van der Waals surface area contributed by atoms with Crippen LogP contribution >= 0.6 is 11.5 Å². The van der Waals surface area contributed by atoms with E-state index < -0.39 is 9.84 Å². The average Bonchev–Trinajstić information content (AvgIpc) is 2.69. The van der Waals surface area contributed by atoms with Gasteiger partial charge in [0.15, 0.2) is 9.84 Å². The number of nitrogens with one attached hydrogen (secondary N) is 1. The fourth-order valence-corrected chi connectivity index (χ4v) is 4.00. The Hall–Kier alpha value is -0.690. The summed E-state index contributed by atoms with van der Waals surface area (Å²) in [6.07, 6.45) is 1.54. The molecule has 1 aliphatic rings. The maximum atomic E-state index is 11.5. The summed E-state index contributed by atoms with van der Waals surface area (Å²) in [6, 6.07) is 0. The number of aryl methyl sites for hydroxylation is 1. The van der Waals surface area contributed by atoms with Gasteiger partial charge in [0.1, 0.15) is 5.82 Å². The van der Waals surface area contributed by atoms with E-state index in [1.54, 1.807) is 0 Å². The largest absolute Gasteiger partial charge is 0.359 e. The van der Waals surface area contributed by atoms with E-state index in [2.05, 4.69) is 14.7 Å². The molecule has 0 amide bonds. The second-order valence-corrected chi connectivity index (χ2v) is 6.81. The van der Waals surface area contributed by atoms with Gasteiger partial charge in [-0.05, 0) is 19.8 Å². The highest BCUT2D eigenvalue weighted by Gasteiger charge is 2.30. The fraction of sp³-hybridized carbons (Fsp3) is 0.750. The van der Waals surface area contributed by atoms with Crippen LogP contribution in [-0.2, 0) is 9.84 Å². The van der Waals surface area contributed by atoms with E-state index in [9.17, 15) is 8.42 Å². The van der Waals surface area contributed by atoms with Gasteiger partial charge < -0.3 is 5.32 Å². The molecule has 1 N–H and O–H groups in total. The molecule has 0 radical (unpaired) electrons. The molecule has 1 aromatic heterocycles. The lowest BCUT2D eigenvalue weighted by molar-refractivity contribution is 0.591. The minimum Gasteiger partial charge on any atom is -0.359 e. The molecule has 1 atom stereocenters. The molecular weight excluding hydrogens is 234 g/mol. The normalized spacial score (nSPS) is 24.2. The zero-order valence-electron chi connectivity index (χ0n) is 8.43. The van der Waals surface area contributed by atoms with Crippen molar-refractivity contribution in [1.29, 1.82) is 0 Å². The SMILES string of the molecule is Cc1nsc(NCC2CCCS2(=O)=O)n1. The van der Waals surface area contributed by atoms with Crippen molar-refractivity contribution in [2.24, 2.45) is 0 Å². The Morgan fingerprint density at radius 2 is 2.40 bits per heavy atom. The Bertz CT molecular complexity index is 440. The molecule has 15 heavy (non-hydrogen) atoms. The molecular formula is C8H13N3O2S2. The third-order valence-corrected chi connectivity index (χ3v) is 5.51. The summed E-state index contributed by atoms with van der Waals surface area (Å²) in [5, 5.41) is 3.48. The monoisotopic (exact) mass is 247 g/mol. The number of rotatable bonds is 3. The molecule has 2 heterocycles. The predicted molar refractivity (Wildman–Crippen MR) is 59.9 cm³/mol. The highest BCUT2D eigenvalue weighted by atomic mass is 32.2. The van der Waals surface area contributed by atoms with E-state index in [0.29, 0.717) is 17.4 Å². The molecule has 1 aromatic rings.